The summed E-state index contributed by atoms with van der Waals surface area (Å²) < 4.78 is 24.7. The van der Waals surface area contributed by atoms with E-state index in [1.54, 1.807) is 41.5 Å². The summed E-state index contributed by atoms with van der Waals surface area (Å²) in [7, 11) is 3.75. The molecule has 1 aromatic heterocycles. The van der Waals surface area contributed by atoms with Crippen LogP contribution in [0.3, 0.4) is 0 Å². The molecule has 0 aromatic carbocycles. The van der Waals surface area contributed by atoms with Crippen LogP contribution in [0.2, 0.25) is 0 Å². The Balaban J connectivity index is -0.000000494. The fourth-order valence-corrected chi connectivity index (χ4v) is 2.24. The van der Waals surface area contributed by atoms with Crippen LogP contribution in [0.15, 0.2) is 54.9 Å². The van der Waals surface area contributed by atoms with Crippen LogP contribution in [0.5, 0.6) is 0 Å². The van der Waals surface area contributed by atoms with E-state index in [0.717, 1.165) is 0 Å². The minimum Gasteiger partial charge on any atom is -0.479 e. The van der Waals surface area contributed by atoms with Gasteiger partial charge in [0.1, 0.15) is 0 Å². The second kappa shape index (κ2) is 17.6. The van der Waals surface area contributed by atoms with Crippen LogP contribution in [0.4, 0.5) is 0 Å². The SMILES string of the molecule is C=C(C)C(O)C(=O)O.C=C(C)C1OC(=O)C(C(=C)C)OC1=O.CC(C)=c1oc(=O)c(=C(C)C)oc1=O.[2H][B].[U]. The number of aliphatic hydroxyl groups is 1. The number of aliphatic hydroxyl groups excluding tert-OH is 1. The number of carbonyl (C=O) groups excluding carboxylic acids is 2. The first-order valence-corrected chi connectivity index (χ1v) is 10.5. The molecule has 2 heterocycles. The van der Waals surface area contributed by atoms with Crippen LogP contribution < -0.4 is 22.1 Å². The molecular weight excluding hydrogens is 725 g/mol. The van der Waals surface area contributed by atoms with Crippen molar-refractivity contribution in [2.24, 2.45) is 0 Å². The number of carbonyl (C=O) groups is 3. The second-order valence-corrected chi connectivity index (χ2v) is 8.35. The molecule has 13 heteroatoms. The van der Waals surface area contributed by atoms with Crippen LogP contribution >= 0.6 is 0 Å². The average molecular weight is 759 g/mol. The second-order valence-electron chi connectivity index (χ2n) is 8.35. The molecule has 206 valence electrons. The van der Waals surface area contributed by atoms with Gasteiger partial charge in [0.05, 0.1) is 0 Å². The van der Waals surface area contributed by atoms with Gasteiger partial charge in [-0.2, -0.15) is 0 Å². The van der Waals surface area contributed by atoms with Crippen molar-refractivity contribution in [3.63, 3.8) is 0 Å². The third-order valence-electron chi connectivity index (χ3n) is 4.16. The van der Waals surface area contributed by atoms with Crippen molar-refractivity contribution in [3.05, 3.63) is 68.1 Å². The van der Waals surface area contributed by atoms with Crippen molar-refractivity contribution in [1.82, 2.24) is 0 Å². The first kappa shape index (κ1) is 37.3. The molecule has 0 spiro atoms. The summed E-state index contributed by atoms with van der Waals surface area (Å²) in [6.45, 7) is 21.7. The van der Waals surface area contributed by atoms with Crippen LogP contribution in [-0.2, 0) is 23.9 Å². The van der Waals surface area contributed by atoms with Crippen LogP contribution in [0.1, 0.15) is 48.5 Å². The number of rotatable bonds is 4. The van der Waals surface area contributed by atoms with E-state index in [1.807, 2.05) is 0 Å². The Bertz CT molecular complexity index is 1200. The van der Waals surface area contributed by atoms with E-state index in [2.05, 4.69) is 28.1 Å². The normalized spacial score (nSPS) is 16.3. The number of cyclic esters (lactones) is 2. The van der Waals surface area contributed by atoms with E-state index in [4.69, 9.17) is 29.9 Å². The van der Waals surface area contributed by atoms with Gasteiger partial charge in [0.25, 0.3) is 0 Å². The monoisotopic (exact) mass is 759 g/mol. The van der Waals surface area contributed by atoms with Gasteiger partial charge in [0.15, 0.2) is 6.10 Å². The Kier molecular flexibility index (Phi) is 17.3. The fourth-order valence-electron chi connectivity index (χ4n) is 2.24. The number of carboxylic acid groups (broad SMARTS) is 1. The van der Waals surface area contributed by atoms with E-state index in [1.165, 1.54) is 6.92 Å². The van der Waals surface area contributed by atoms with Gasteiger partial charge in [-0.3, -0.25) is 0 Å². The predicted molar refractivity (Wildman–Crippen MR) is 137 cm³/mol. The maximum Gasteiger partial charge on any atom is 0.379 e. The Morgan fingerprint density at radius 1 is 0.789 bits per heavy atom. The van der Waals surface area contributed by atoms with Crippen LogP contribution in [0, 0.1) is 31.1 Å². The predicted octanol–water partition coefficient (Wildman–Crippen LogP) is 0.309. The molecule has 2 rings (SSSR count). The number of hydrogen-bond acceptors (Lipinski definition) is 10. The third-order valence-corrected chi connectivity index (χ3v) is 4.16. The molecule has 3 unspecified atom stereocenters. The topological polar surface area (TPSA) is 171 Å². The summed E-state index contributed by atoms with van der Waals surface area (Å²) in [5, 5.41) is 16.5. The van der Waals surface area contributed by atoms with Gasteiger partial charge >= 0.3 is 29.2 Å². The van der Waals surface area contributed by atoms with E-state index < -0.39 is 47.5 Å². The smallest absolute Gasteiger partial charge is 0.379 e. The number of hydrogen-bond donors (Lipinski definition) is 2. The number of aliphatic carboxylic acids is 1. The Morgan fingerprint density at radius 2 is 1.08 bits per heavy atom. The molecule has 1 saturated heterocycles. The molecule has 38 heavy (non-hydrogen) atoms. The first-order chi connectivity index (χ1) is 17.4. The Labute approximate surface area is 246 Å². The van der Waals surface area contributed by atoms with Gasteiger partial charge < -0.3 is 28.5 Å². The molecule has 0 saturated carbocycles. The molecule has 11 nitrogen and oxygen atoms in total. The molecule has 3 atom stereocenters. The fraction of sp³-hybridized carbons (Fsp3) is 0.400. The molecular formula is C25H33BO11U. The van der Waals surface area contributed by atoms with Crippen LogP contribution in [0.25, 0.3) is 11.1 Å². The van der Waals surface area contributed by atoms with Gasteiger partial charge in [0.2, 0.25) is 23.0 Å². The molecule has 0 amide bonds. The van der Waals surface area contributed by atoms with Gasteiger partial charge in [-0.1, -0.05) is 19.7 Å². The van der Waals surface area contributed by atoms with E-state index in [9.17, 15) is 24.0 Å². The zero-order valence-electron chi connectivity index (χ0n) is 23.5. The molecule has 1 fully saturated rings. The van der Waals surface area contributed by atoms with Gasteiger partial charge in [0, 0.05) is 39.5 Å². The van der Waals surface area contributed by atoms with E-state index in [0.29, 0.717) is 22.3 Å². The minimum absolute atomic E-state index is 0. The maximum atomic E-state index is 11.3. The summed E-state index contributed by atoms with van der Waals surface area (Å²) in [6, 6.07) is 0. The van der Waals surface area contributed by atoms with E-state index >= 15 is 0 Å². The van der Waals surface area contributed by atoms with Gasteiger partial charge in [-0.05, 0) is 77.7 Å². The molecule has 1 aromatic rings. The number of esters is 2. The maximum absolute atomic E-state index is 11.3. The molecule has 0 bridgehead atoms. The summed E-state index contributed by atoms with van der Waals surface area (Å²) in [6.07, 6.45) is -3.36. The van der Waals surface area contributed by atoms with E-state index in [-0.39, 0.29) is 47.5 Å². The number of ether oxygens (including phenoxy) is 2. The standard InChI is InChI=1S/2C10H12O4.C5H8O3.BH.U/c2*1-5(2)7-9(11)14-8(6(3)4)10(12)13-7;1-3(2)4(6)5(7)8;;/h1-4H3;7-8H,1,3H2,2,4H3;4,6H,1H2,2H3,(H,7,8);1H;/i;;;1D;. The molecule has 2 N–H and O–H groups in total. The summed E-state index contributed by atoms with van der Waals surface area (Å²) in [5.74, 6) is -2.44. The first-order valence-electron chi connectivity index (χ1n) is 11.1. The molecule has 2 radical (unpaired) electrons. The summed E-state index contributed by atoms with van der Waals surface area (Å²) in [5.41, 5.74) is 1.14. The molecule has 0 aliphatic carbocycles. The number of carboxylic acids is 1. The molecule has 1 aliphatic heterocycles. The average Bonchev–Trinajstić information content (AvgIpc) is 2.82. The van der Waals surface area contributed by atoms with Crippen molar-refractivity contribution >= 4 is 37.4 Å². The Morgan fingerprint density at radius 3 is 1.24 bits per heavy atom. The summed E-state index contributed by atoms with van der Waals surface area (Å²) >= 11 is 0. The Hall–Kier alpha value is -2.87. The zero-order valence-corrected chi connectivity index (χ0v) is 26.7. The van der Waals surface area contributed by atoms with Crippen molar-refractivity contribution in [2.75, 3.05) is 0 Å². The molecule has 1 aliphatic rings. The van der Waals surface area contributed by atoms with Crippen LogP contribution in [-0.4, -0.2) is 56.1 Å². The summed E-state index contributed by atoms with van der Waals surface area (Å²) in [4.78, 5) is 55.0. The van der Waals surface area contributed by atoms with Gasteiger partial charge in [-0.25, -0.2) is 24.0 Å². The zero-order chi connectivity index (χ0) is 30.5. The quantitative estimate of drug-likeness (QED) is 0.246. The third kappa shape index (κ3) is 12.1. The van der Waals surface area contributed by atoms with Gasteiger partial charge in [-0.15, -0.1) is 0 Å². The van der Waals surface area contributed by atoms with Crippen molar-refractivity contribution in [3.8, 4) is 0 Å². The largest absolute Gasteiger partial charge is 0.479 e. The van der Waals surface area contributed by atoms with Crippen molar-refractivity contribution < 1.29 is 74.0 Å². The van der Waals surface area contributed by atoms with Crippen molar-refractivity contribution in [2.45, 2.75) is 66.8 Å². The van der Waals surface area contributed by atoms with Crippen molar-refractivity contribution in [1.29, 1.82) is 1.34 Å². The minimum atomic E-state index is -1.41.